The summed E-state index contributed by atoms with van der Waals surface area (Å²) in [6.07, 6.45) is 0. The second-order valence-corrected chi connectivity index (χ2v) is 3.25. The van der Waals surface area contributed by atoms with E-state index in [9.17, 15) is 4.79 Å². The van der Waals surface area contributed by atoms with E-state index < -0.39 is 0 Å². The van der Waals surface area contributed by atoms with Crippen LogP contribution in [0, 0.1) is 5.92 Å². The van der Waals surface area contributed by atoms with Gasteiger partial charge in [-0.15, -0.1) is 0 Å². The van der Waals surface area contributed by atoms with Crippen molar-refractivity contribution in [2.24, 2.45) is 5.92 Å². The number of carbonyl (C=O) groups excluding carboxylic acids is 1. The summed E-state index contributed by atoms with van der Waals surface area (Å²) in [5.41, 5.74) is 0. The van der Waals surface area contributed by atoms with Crippen molar-refractivity contribution >= 4 is 5.91 Å². The van der Waals surface area contributed by atoms with Gasteiger partial charge in [0, 0.05) is 26.7 Å². The monoisotopic (exact) mass is 202 g/mol. The molecule has 0 aromatic rings. The molecule has 0 atom stereocenters. The van der Waals surface area contributed by atoms with Crippen LogP contribution >= 0.6 is 0 Å². The van der Waals surface area contributed by atoms with Crippen molar-refractivity contribution in [2.45, 2.75) is 0 Å². The molecule has 0 spiro atoms. The Hall–Kier alpha value is -0.650. The lowest BCUT2D eigenvalue weighted by atomic mass is 10.0. The summed E-state index contributed by atoms with van der Waals surface area (Å²) in [6.45, 7) is 3.92. The average molecular weight is 202 g/mol. The van der Waals surface area contributed by atoms with Crippen molar-refractivity contribution in [2.75, 3.05) is 46.6 Å². The average Bonchev–Trinajstić information content (AvgIpc) is 2.08. The largest absolute Gasteiger partial charge is 0.382 e. The van der Waals surface area contributed by atoms with E-state index in [0.29, 0.717) is 26.4 Å². The maximum Gasteiger partial charge on any atom is 0.225 e. The number of carbonyl (C=O) groups is 1. The van der Waals surface area contributed by atoms with Gasteiger partial charge in [-0.3, -0.25) is 4.79 Å². The summed E-state index contributed by atoms with van der Waals surface area (Å²) in [7, 11) is 1.63. The number of hydrogen-bond acceptors (Lipinski definition) is 4. The van der Waals surface area contributed by atoms with Crippen LogP contribution in [-0.4, -0.2) is 52.5 Å². The molecule has 0 unspecified atom stereocenters. The highest BCUT2D eigenvalue weighted by Crippen LogP contribution is 2.01. The molecule has 5 heteroatoms. The van der Waals surface area contributed by atoms with Crippen LogP contribution in [0.15, 0.2) is 0 Å². The third-order valence-corrected chi connectivity index (χ3v) is 2.13. The van der Waals surface area contributed by atoms with E-state index in [1.54, 1.807) is 7.11 Å². The first-order valence-corrected chi connectivity index (χ1v) is 4.89. The lowest BCUT2D eigenvalue weighted by Gasteiger charge is -2.25. The summed E-state index contributed by atoms with van der Waals surface area (Å²) in [6, 6.07) is 0. The fourth-order valence-electron chi connectivity index (χ4n) is 1.11. The molecule has 1 aliphatic heterocycles. The summed E-state index contributed by atoms with van der Waals surface area (Å²) >= 11 is 0. The van der Waals surface area contributed by atoms with Gasteiger partial charge in [0.1, 0.15) is 0 Å². The van der Waals surface area contributed by atoms with Gasteiger partial charge in [-0.2, -0.15) is 0 Å². The lowest BCUT2D eigenvalue weighted by molar-refractivity contribution is -0.126. The van der Waals surface area contributed by atoms with Gasteiger partial charge in [-0.25, -0.2) is 0 Å². The van der Waals surface area contributed by atoms with Crippen molar-refractivity contribution in [3.8, 4) is 0 Å². The van der Waals surface area contributed by atoms with Crippen LogP contribution in [0.2, 0.25) is 0 Å². The maximum atomic E-state index is 11.3. The third-order valence-electron chi connectivity index (χ3n) is 2.13. The molecule has 1 rings (SSSR count). The van der Waals surface area contributed by atoms with E-state index in [1.807, 2.05) is 0 Å². The van der Waals surface area contributed by atoms with Gasteiger partial charge < -0.3 is 20.1 Å². The molecule has 0 radical (unpaired) electrons. The molecule has 1 aliphatic rings. The molecule has 82 valence electrons. The quantitative estimate of drug-likeness (QED) is 0.519. The van der Waals surface area contributed by atoms with Crippen LogP contribution in [-0.2, 0) is 14.3 Å². The fourth-order valence-corrected chi connectivity index (χ4v) is 1.11. The molecule has 5 nitrogen and oxygen atoms in total. The predicted molar refractivity (Wildman–Crippen MR) is 52.1 cm³/mol. The Kier molecular flexibility index (Phi) is 5.51. The summed E-state index contributed by atoms with van der Waals surface area (Å²) < 4.78 is 10.0. The van der Waals surface area contributed by atoms with E-state index in [2.05, 4.69) is 10.6 Å². The Labute approximate surface area is 84.1 Å². The molecule has 0 aliphatic carbocycles. The Morgan fingerprint density at radius 3 is 2.79 bits per heavy atom. The Morgan fingerprint density at radius 2 is 2.21 bits per heavy atom. The lowest BCUT2D eigenvalue weighted by Crippen LogP contribution is -2.51. The second-order valence-electron chi connectivity index (χ2n) is 3.25. The third kappa shape index (κ3) is 4.04. The molecule has 1 heterocycles. The van der Waals surface area contributed by atoms with Gasteiger partial charge in [0.2, 0.25) is 5.91 Å². The summed E-state index contributed by atoms with van der Waals surface area (Å²) in [4.78, 5) is 11.3. The fraction of sp³-hybridized carbons (Fsp3) is 0.889. The number of hydrogen-bond donors (Lipinski definition) is 2. The van der Waals surface area contributed by atoms with Crippen LogP contribution in [0.3, 0.4) is 0 Å². The summed E-state index contributed by atoms with van der Waals surface area (Å²) in [5.74, 6) is 0.285. The van der Waals surface area contributed by atoms with Crippen molar-refractivity contribution < 1.29 is 14.3 Å². The zero-order valence-corrected chi connectivity index (χ0v) is 8.54. The molecule has 1 saturated heterocycles. The molecule has 14 heavy (non-hydrogen) atoms. The Morgan fingerprint density at radius 1 is 1.43 bits per heavy atom. The van der Waals surface area contributed by atoms with Crippen LogP contribution < -0.4 is 10.6 Å². The van der Waals surface area contributed by atoms with Crippen molar-refractivity contribution in [3.05, 3.63) is 0 Å². The van der Waals surface area contributed by atoms with Crippen molar-refractivity contribution in [1.82, 2.24) is 10.6 Å². The van der Waals surface area contributed by atoms with Crippen LogP contribution in [0.25, 0.3) is 0 Å². The number of rotatable bonds is 7. The van der Waals surface area contributed by atoms with Crippen LogP contribution in [0.5, 0.6) is 0 Å². The SMILES string of the molecule is COCCOCCNC(=O)C1CNC1. The number of methoxy groups -OCH3 is 1. The highest BCUT2D eigenvalue weighted by atomic mass is 16.5. The molecule has 1 amide bonds. The second kappa shape index (κ2) is 6.75. The molecule has 0 bridgehead atoms. The Bertz CT molecular complexity index is 171. The van der Waals surface area contributed by atoms with E-state index in [1.165, 1.54) is 0 Å². The molecule has 1 fully saturated rings. The van der Waals surface area contributed by atoms with Gasteiger partial charge in [0.05, 0.1) is 25.7 Å². The van der Waals surface area contributed by atoms with E-state index >= 15 is 0 Å². The molecular weight excluding hydrogens is 184 g/mol. The topological polar surface area (TPSA) is 59.6 Å². The normalized spacial score (nSPS) is 16.4. The van der Waals surface area contributed by atoms with Crippen molar-refractivity contribution in [1.29, 1.82) is 0 Å². The number of nitrogens with one attached hydrogen (secondary N) is 2. The van der Waals surface area contributed by atoms with Gasteiger partial charge in [0.15, 0.2) is 0 Å². The standard InChI is InChI=1S/C9H18N2O3/c1-13-4-5-14-3-2-11-9(12)8-6-10-7-8/h8,10H,2-7H2,1H3,(H,11,12). The molecular formula is C9H18N2O3. The van der Waals surface area contributed by atoms with Gasteiger partial charge >= 0.3 is 0 Å². The zero-order valence-electron chi connectivity index (χ0n) is 8.54. The minimum absolute atomic E-state index is 0.124. The van der Waals surface area contributed by atoms with E-state index in [-0.39, 0.29) is 11.8 Å². The van der Waals surface area contributed by atoms with Gasteiger partial charge in [-0.1, -0.05) is 0 Å². The van der Waals surface area contributed by atoms with Crippen LogP contribution in [0.1, 0.15) is 0 Å². The smallest absolute Gasteiger partial charge is 0.225 e. The van der Waals surface area contributed by atoms with E-state index in [4.69, 9.17) is 9.47 Å². The first-order valence-electron chi connectivity index (χ1n) is 4.89. The molecule has 0 aromatic heterocycles. The predicted octanol–water partition coefficient (Wildman–Crippen LogP) is -1.01. The molecule has 0 aromatic carbocycles. The highest BCUT2D eigenvalue weighted by Gasteiger charge is 2.23. The first kappa shape index (κ1) is 11.4. The number of ether oxygens (including phenoxy) is 2. The summed E-state index contributed by atoms with van der Waals surface area (Å²) in [5, 5.41) is 5.87. The number of amides is 1. The van der Waals surface area contributed by atoms with Gasteiger partial charge in [0.25, 0.3) is 0 Å². The zero-order chi connectivity index (χ0) is 10.2. The van der Waals surface area contributed by atoms with Crippen molar-refractivity contribution in [3.63, 3.8) is 0 Å². The minimum atomic E-state index is 0.124. The maximum absolute atomic E-state index is 11.3. The molecule has 2 N–H and O–H groups in total. The van der Waals surface area contributed by atoms with E-state index in [0.717, 1.165) is 13.1 Å². The Balaban J connectivity index is 1.85. The molecule has 0 saturated carbocycles. The first-order chi connectivity index (χ1) is 6.84. The minimum Gasteiger partial charge on any atom is -0.382 e. The van der Waals surface area contributed by atoms with Gasteiger partial charge in [-0.05, 0) is 0 Å². The van der Waals surface area contributed by atoms with Crippen LogP contribution in [0.4, 0.5) is 0 Å². The highest BCUT2D eigenvalue weighted by molar-refractivity contribution is 5.79.